The smallest absolute Gasteiger partial charge is 0.308 e. The second-order valence-corrected chi connectivity index (χ2v) is 6.54. The van der Waals surface area contributed by atoms with Gasteiger partial charge in [-0.25, -0.2) is 0 Å². The zero-order valence-corrected chi connectivity index (χ0v) is 14.4. The maximum absolute atomic E-state index is 11.5. The lowest BCUT2D eigenvalue weighted by molar-refractivity contribution is -0.132. The van der Waals surface area contributed by atoms with E-state index in [1.807, 2.05) is 20.8 Å². The van der Waals surface area contributed by atoms with Crippen LogP contribution < -0.4 is 9.47 Å². The molecule has 0 unspecified atom stereocenters. The quantitative estimate of drug-likeness (QED) is 0.475. The van der Waals surface area contributed by atoms with E-state index in [2.05, 4.69) is 5.16 Å². The molecule has 5 heteroatoms. The predicted octanol–water partition coefficient (Wildman–Crippen LogP) is 3.59. The van der Waals surface area contributed by atoms with E-state index in [0.29, 0.717) is 5.75 Å². The van der Waals surface area contributed by atoms with Crippen LogP contribution in [0.1, 0.15) is 54.9 Å². The topological polar surface area (TPSA) is 57.1 Å². The average molecular weight is 317 g/mol. The molecule has 0 aromatic heterocycles. The van der Waals surface area contributed by atoms with Crippen LogP contribution in [0, 0.1) is 20.8 Å². The monoisotopic (exact) mass is 317 g/mol. The van der Waals surface area contributed by atoms with Gasteiger partial charge in [0.2, 0.25) is 0 Å². The lowest BCUT2D eigenvalue weighted by Crippen LogP contribution is -2.48. The number of hydrogen-bond donors (Lipinski definition) is 0. The first kappa shape index (κ1) is 15.8. The number of hydrogen-bond acceptors (Lipinski definition) is 5. The summed E-state index contributed by atoms with van der Waals surface area (Å²) in [4.78, 5) is 16.5. The molecular formula is C18H23NO4. The van der Waals surface area contributed by atoms with Crippen LogP contribution in [0.15, 0.2) is 5.16 Å². The molecule has 1 spiro atoms. The maximum Gasteiger partial charge on any atom is 0.308 e. The van der Waals surface area contributed by atoms with E-state index < -0.39 is 0 Å². The van der Waals surface area contributed by atoms with Crippen LogP contribution in [0.5, 0.6) is 11.5 Å². The lowest BCUT2D eigenvalue weighted by Gasteiger charge is -2.46. The molecule has 0 atom stereocenters. The Labute approximate surface area is 136 Å². The van der Waals surface area contributed by atoms with Gasteiger partial charge in [-0.2, -0.15) is 0 Å². The third kappa shape index (κ3) is 2.48. The Morgan fingerprint density at radius 3 is 2.39 bits per heavy atom. The summed E-state index contributed by atoms with van der Waals surface area (Å²) in [6.07, 6.45) is 3.99. The normalized spacial score (nSPS) is 19.8. The van der Waals surface area contributed by atoms with E-state index in [9.17, 15) is 4.79 Å². The predicted molar refractivity (Wildman–Crippen MR) is 87.3 cm³/mol. The van der Waals surface area contributed by atoms with Crippen molar-refractivity contribution >= 4 is 11.7 Å². The zero-order chi connectivity index (χ0) is 16.8. The molecule has 1 aliphatic heterocycles. The molecule has 23 heavy (non-hydrogen) atoms. The fourth-order valence-corrected chi connectivity index (χ4v) is 3.55. The van der Waals surface area contributed by atoms with E-state index >= 15 is 0 Å². The van der Waals surface area contributed by atoms with Gasteiger partial charge in [-0.1, -0.05) is 5.16 Å². The summed E-state index contributed by atoms with van der Waals surface area (Å²) in [5, 5.41) is 4.25. The van der Waals surface area contributed by atoms with Crippen LogP contribution in [0.25, 0.3) is 0 Å². The Morgan fingerprint density at radius 2 is 1.87 bits per heavy atom. The van der Waals surface area contributed by atoms with Crippen molar-refractivity contribution in [3.63, 3.8) is 0 Å². The Morgan fingerprint density at radius 1 is 1.17 bits per heavy atom. The third-order valence-corrected chi connectivity index (χ3v) is 5.00. The number of fused-ring (bicyclic) bond motifs is 1. The van der Waals surface area contributed by atoms with Crippen molar-refractivity contribution in [2.24, 2.45) is 5.16 Å². The van der Waals surface area contributed by atoms with E-state index in [-0.39, 0.29) is 11.6 Å². The summed E-state index contributed by atoms with van der Waals surface area (Å²) in [5.41, 5.74) is 4.45. The molecule has 0 N–H and O–H groups in total. The summed E-state index contributed by atoms with van der Waals surface area (Å²) in [5.74, 6) is 1.14. The van der Waals surface area contributed by atoms with Crippen LogP contribution in [0.3, 0.4) is 0 Å². The van der Waals surface area contributed by atoms with Crippen LogP contribution in [-0.4, -0.2) is 24.4 Å². The van der Waals surface area contributed by atoms with E-state index in [0.717, 1.165) is 53.0 Å². The largest absolute Gasteiger partial charge is 0.486 e. The van der Waals surface area contributed by atoms with Crippen molar-refractivity contribution < 1.29 is 19.1 Å². The average Bonchev–Trinajstić information content (AvgIpc) is 2.47. The van der Waals surface area contributed by atoms with Crippen LogP contribution >= 0.6 is 0 Å². The standard InChI is InChI=1S/C18H23NO4/c1-10-11(2)17-15(12(3)16(10)22-13(4)20)14(19-21-5)9-18(23-17)7-6-8-18/h6-9H2,1-5H3. The highest BCUT2D eigenvalue weighted by Crippen LogP contribution is 2.49. The van der Waals surface area contributed by atoms with E-state index in [1.165, 1.54) is 13.3 Å². The van der Waals surface area contributed by atoms with Gasteiger partial charge in [0.25, 0.3) is 0 Å². The highest BCUT2D eigenvalue weighted by molar-refractivity contribution is 6.06. The fraction of sp³-hybridized carbons (Fsp3) is 0.556. The lowest BCUT2D eigenvalue weighted by atomic mass is 9.73. The summed E-state index contributed by atoms with van der Waals surface area (Å²) >= 11 is 0. The molecule has 1 aromatic carbocycles. The number of ether oxygens (including phenoxy) is 2. The molecule has 1 saturated carbocycles. The molecule has 124 valence electrons. The highest BCUT2D eigenvalue weighted by Gasteiger charge is 2.46. The maximum atomic E-state index is 11.5. The summed E-state index contributed by atoms with van der Waals surface area (Å²) in [7, 11) is 1.55. The Bertz CT molecular complexity index is 702. The molecule has 1 heterocycles. The number of esters is 1. The number of oxime groups is 1. The van der Waals surface area contributed by atoms with E-state index in [1.54, 1.807) is 7.11 Å². The van der Waals surface area contributed by atoms with Crippen molar-refractivity contribution in [2.75, 3.05) is 7.11 Å². The van der Waals surface area contributed by atoms with Crippen LogP contribution in [-0.2, 0) is 9.63 Å². The SMILES string of the molecule is CON=C1CC2(CCC2)Oc2c(C)c(C)c(OC(C)=O)c(C)c21. The van der Waals surface area contributed by atoms with Gasteiger partial charge < -0.3 is 14.3 Å². The number of nitrogens with zero attached hydrogens (tertiary/aromatic N) is 1. The van der Waals surface area contributed by atoms with Gasteiger partial charge in [-0.05, 0) is 51.2 Å². The van der Waals surface area contributed by atoms with Gasteiger partial charge in [0.15, 0.2) is 0 Å². The minimum Gasteiger partial charge on any atom is -0.486 e. The summed E-state index contributed by atoms with van der Waals surface area (Å²) in [6.45, 7) is 7.32. The first-order valence-electron chi connectivity index (χ1n) is 8.00. The summed E-state index contributed by atoms with van der Waals surface area (Å²) < 4.78 is 11.9. The molecule has 1 fully saturated rings. The van der Waals surface area contributed by atoms with Gasteiger partial charge >= 0.3 is 5.97 Å². The van der Waals surface area contributed by atoms with Gasteiger partial charge in [-0.15, -0.1) is 0 Å². The molecule has 0 radical (unpaired) electrons. The van der Waals surface area contributed by atoms with Crippen LogP contribution in [0.2, 0.25) is 0 Å². The number of benzene rings is 1. The van der Waals surface area contributed by atoms with Crippen molar-refractivity contribution in [1.29, 1.82) is 0 Å². The van der Waals surface area contributed by atoms with Crippen molar-refractivity contribution in [3.05, 3.63) is 22.3 Å². The van der Waals surface area contributed by atoms with Crippen molar-refractivity contribution in [3.8, 4) is 11.5 Å². The fourth-order valence-electron chi connectivity index (χ4n) is 3.55. The molecular weight excluding hydrogens is 294 g/mol. The molecule has 2 aliphatic rings. The van der Waals surface area contributed by atoms with Gasteiger partial charge in [0.1, 0.15) is 24.2 Å². The third-order valence-electron chi connectivity index (χ3n) is 5.00. The second-order valence-electron chi connectivity index (χ2n) is 6.54. The Hall–Kier alpha value is -2.04. The molecule has 1 aromatic rings. The van der Waals surface area contributed by atoms with Gasteiger partial charge in [-0.3, -0.25) is 4.79 Å². The van der Waals surface area contributed by atoms with Crippen molar-refractivity contribution in [2.45, 2.75) is 59.0 Å². The molecule has 0 bridgehead atoms. The van der Waals surface area contributed by atoms with E-state index in [4.69, 9.17) is 14.3 Å². The number of rotatable bonds is 2. The number of carbonyl (C=O) groups excluding carboxylic acids is 1. The second kappa shape index (κ2) is 5.55. The van der Waals surface area contributed by atoms with Gasteiger partial charge in [0.05, 0.1) is 5.71 Å². The molecule has 5 nitrogen and oxygen atoms in total. The Kier molecular flexibility index (Phi) is 3.82. The van der Waals surface area contributed by atoms with Crippen LogP contribution in [0.4, 0.5) is 0 Å². The Balaban J connectivity index is 2.21. The minimum atomic E-state index is -0.326. The molecule has 0 amide bonds. The highest BCUT2D eigenvalue weighted by atomic mass is 16.6. The molecule has 0 saturated heterocycles. The zero-order valence-electron chi connectivity index (χ0n) is 14.4. The summed E-state index contributed by atoms with van der Waals surface area (Å²) in [6, 6.07) is 0. The first-order chi connectivity index (χ1) is 10.9. The molecule has 1 aliphatic carbocycles. The minimum absolute atomic E-state index is 0.142. The number of carbonyl (C=O) groups is 1. The first-order valence-corrected chi connectivity index (χ1v) is 8.00. The van der Waals surface area contributed by atoms with Gasteiger partial charge in [0, 0.05) is 24.5 Å². The van der Waals surface area contributed by atoms with Crippen molar-refractivity contribution in [1.82, 2.24) is 0 Å². The molecule has 3 rings (SSSR count).